The highest BCUT2D eigenvalue weighted by Crippen LogP contribution is 2.33. The molecule has 0 N–H and O–H groups in total. The van der Waals surface area contributed by atoms with Crippen molar-refractivity contribution in [2.45, 2.75) is 6.92 Å². The quantitative estimate of drug-likeness (QED) is 0.643. The van der Waals surface area contributed by atoms with Crippen molar-refractivity contribution in [3.8, 4) is 21.0 Å². The van der Waals surface area contributed by atoms with Crippen LogP contribution in [0.3, 0.4) is 0 Å². The standard InChI is InChI=1S/C16H12FNS/c1-11-5-4-6-12(9-11)16-18-10-15(19-16)13-7-2-3-8-14(13)17/h2-10H,1H3. The van der Waals surface area contributed by atoms with Crippen molar-refractivity contribution >= 4 is 11.3 Å². The summed E-state index contributed by atoms with van der Waals surface area (Å²) in [6, 6.07) is 15.0. The number of rotatable bonds is 2. The Labute approximate surface area is 115 Å². The maximum atomic E-state index is 13.7. The second kappa shape index (κ2) is 4.94. The molecular formula is C16H12FNS. The predicted octanol–water partition coefficient (Wildman–Crippen LogP) is 4.92. The third-order valence-electron chi connectivity index (χ3n) is 2.91. The van der Waals surface area contributed by atoms with E-state index in [0.717, 1.165) is 15.4 Å². The summed E-state index contributed by atoms with van der Waals surface area (Å²) in [5.41, 5.74) is 2.88. The van der Waals surface area contributed by atoms with E-state index in [-0.39, 0.29) is 5.82 Å². The summed E-state index contributed by atoms with van der Waals surface area (Å²) in [6.07, 6.45) is 1.74. The minimum atomic E-state index is -0.207. The third kappa shape index (κ3) is 2.42. The van der Waals surface area contributed by atoms with Crippen LogP contribution in [0.25, 0.3) is 21.0 Å². The molecule has 1 nitrogen and oxygen atoms in total. The highest BCUT2D eigenvalue weighted by atomic mass is 32.1. The average Bonchev–Trinajstić information content (AvgIpc) is 2.89. The van der Waals surface area contributed by atoms with Crippen LogP contribution < -0.4 is 0 Å². The highest BCUT2D eigenvalue weighted by Gasteiger charge is 2.09. The van der Waals surface area contributed by atoms with Crippen LogP contribution in [-0.2, 0) is 0 Å². The average molecular weight is 269 g/mol. The van der Waals surface area contributed by atoms with Crippen molar-refractivity contribution in [1.82, 2.24) is 4.98 Å². The Bertz CT molecular complexity index is 718. The number of nitrogens with zero attached hydrogens (tertiary/aromatic N) is 1. The van der Waals surface area contributed by atoms with Crippen LogP contribution in [0.1, 0.15) is 5.56 Å². The number of benzene rings is 2. The molecule has 0 bridgehead atoms. The lowest BCUT2D eigenvalue weighted by Gasteiger charge is -1.98. The molecule has 0 saturated heterocycles. The largest absolute Gasteiger partial charge is 0.244 e. The lowest BCUT2D eigenvalue weighted by atomic mass is 10.1. The van der Waals surface area contributed by atoms with Crippen LogP contribution in [-0.4, -0.2) is 4.98 Å². The predicted molar refractivity (Wildman–Crippen MR) is 77.7 cm³/mol. The van der Waals surface area contributed by atoms with Crippen molar-refractivity contribution in [3.63, 3.8) is 0 Å². The molecule has 0 spiro atoms. The topological polar surface area (TPSA) is 12.9 Å². The zero-order valence-corrected chi connectivity index (χ0v) is 11.2. The Morgan fingerprint density at radius 1 is 1.05 bits per heavy atom. The van der Waals surface area contributed by atoms with Crippen LogP contribution in [0.2, 0.25) is 0 Å². The van der Waals surface area contributed by atoms with Gasteiger partial charge in [-0.1, -0.05) is 42.0 Å². The monoisotopic (exact) mass is 269 g/mol. The fourth-order valence-corrected chi connectivity index (χ4v) is 2.91. The molecule has 1 aromatic heterocycles. The maximum Gasteiger partial charge on any atom is 0.131 e. The van der Waals surface area contributed by atoms with Crippen LogP contribution >= 0.6 is 11.3 Å². The smallest absolute Gasteiger partial charge is 0.131 e. The number of aromatic nitrogens is 1. The first kappa shape index (κ1) is 12.1. The molecule has 1 heterocycles. The summed E-state index contributed by atoms with van der Waals surface area (Å²) in [5, 5.41) is 0.918. The van der Waals surface area contributed by atoms with E-state index in [1.807, 2.05) is 18.2 Å². The van der Waals surface area contributed by atoms with E-state index in [2.05, 4.69) is 24.0 Å². The number of hydrogen-bond donors (Lipinski definition) is 0. The lowest BCUT2D eigenvalue weighted by Crippen LogP contribution is -1.78. The van der Waals surface area contributed by atoms with Crippen molar-refractivity contribution in [1.29, 1.82) is 0 Å². The molecule has 0 aliphatic rings. The molecule has 19 heavy (non-hydrogen) atoms. The minimum absolute atomic E-state index is 0.207. The molecule has 3 rings (SSSR count). The fourth-order valence-electron chi connectivity index (χ4n) is 1.97. The van der Waals surface area contributed by atoms with E-state index >= 15 is 0 Å². The van der Waals surface area contributed by atoms with E-state index in [1.54, 1.807) is 18.3 Å². The van der Waals surface area contributed by atoms with Gasteiger partial charge in [0.25, 0.3) is 0 Å². The molecule has 3 aromatic rings. The fraction of sp³-hybridized carbons (Fsp3) is 0.0625. The van der Waals surface area contributed by atoms with Crippen LogP contribution in [0, 0.1) is 12.7 Å². The molecular weight excluding hydrogens is 257 g/mol. The van der Waals surface area contributed by atoms with Crippen molar-refractivity contribution in [3.05, 3.63) is 66.1 Å². The molecule has 2 aromatic carbocycles. The van der Waals surface area contributed by atoms with Gasteiger partial charge in [-0.25, -0.2) is 9.37 Å². The van der Waals surface area contributed by atoms with Gasteiger partial charge in [-0.3, -0.25) is 0 Å². The van der Waals surface area contributed by atoms with E-state index in [9.17, 15) is 4.39 Å². The molecule has 0 unspecified atom stereocenters. The molecule has 0 amide bonds. The van der Waals surface area contributed by atoms with E-state index in [4.69, 9.17) is 0 Å². The maximum absolute atomic E-state index is 13.7. The summed E-state index contributed by atoms with van der Waals surface area (Å²) in [7, 11) is 0. The number of aryl methyl sites for hydroxylation is 1. The Morgan fingerprint density at radius 2 is 1.89 bits per heavy atom. The first-order valence-electron chi connectivity index (χ1n) is 6.02. The Balaban J connectivity index is 2.03. The molecule has 94 valence electrons. The summed E-state index contributed by atoms with van der Waals surface area (Å²) >= 11 is 1.51. The number of hydrogen-bond acceptors (Lipinski definition) is 2. The summed E-state index contributed by atoms with van der Waals surface area (Å²) in [4.78, 5) is 5.25. The Morgan fingerprint density at radius 3 is 2.68 bits per heavy atom. The van der Waals surface area contributed by atoms with Gasteiger partial charge in [-0.15, -0.1) is 11.3 Å². The van der Waals surface area contributed by atoms with Crippen LogP contribution in [0.5, 0.6) is 0 Å². The van der Waals surface area contributed by atoms with Gasteiger partial charge in [0, 0.05) is 17.3 Å². The van der Waals surface area contributed by atoms with Gasteiger partial charge in [0.1, 0.15) is 10.8 Å². The van der Waals surface area contributed by atoms with Gasteiger partial charge >= 0.3 is 0 Å². The van der Waals surface area contributed by atoms with Crippen LogP contribution in [0.4, 0.5) is 4.39 Å². The molecule has 0 aliphatic heterocycles. The highest BCUT2D eigenvalue weighted by molar-refractivity contribution is 7.18. The lowest BCUT2D eigenvalue weighted by molar-refractivity contribution is 0.631. The number of halogens is 1. The zero-order chi connectivity index (χ0) is 13.2. The van der Waals surface area contributed by atoms with Gasteiger partial charge in [-0.05, 0) is 19.1 Å². The summed E-state index contributed by atoms with van der Waals surface area (Å²) in [6.45, 7) is 2.05. The van der Waals surface area contributed by atoms with Crippen molar-refractivity contribution < 1.29 is 4.39 Å². The van der Waals surface area contributed by atoms with Gasteiger partial charge in [0.2, 0.25) is 0 Å². The third-order valence-corrected chi connectivity index (χ3v) is 3.99. The molecule has 0 saturated carbocycles. The zero-order valence-electron chi connectivity index (χ0n) is 10.4. The Kier molecular flexibility index (Phi) is 3.13. The normalized spacial score (nSPS) is 10.6. The summed E-state index contributed by atoms with van der Waals surface area (Å²) < 4.78 is 13.7. The van der Waals surface area contributed by atoms with E-state index in [1.165, 1.54) is 23.0 Å². The van der Waals surface area contributed by atoms with Crippen molar-refractivity contribution in [2.75, 3.05) is 0 Å². The first-order valence-corrected chi connectivity index (χ1v) is 6.83. The van der Waals surface area contributed by atoms with E-state index in [0.29, 0.717) is 5.56 Å². The minimum Gasteiger partial charge on any atom is -0.244 e. The van der Waals surface area contributed by atoms with Gasteiger partial charge in [-0.2, -0.15) is 0 Å². The van der Waals surface area contributed by atoms with Gasteiger partial charge < -0.3 is 0 Å². The molecule has 0 radical (unpaired) electrons. The molecule has 0 aliphatic carbocycles. The molecule has 0 fully saturated rings. The van der Waals surface area contributed by atoms with E-state index < -0.39 is 0 Å². The van der Waals surface area contributed by atoms with Gasteiger partial charge in [0.15, 0.2) is 0 Å². The number of thiazole rings is 1. The second-order valence-electron chi connectivity index (χ2n) is 4.38. The molecule has 0 atom stereocenters. The second-order valence-corrected chi connectivity index (χ2v) is 5.41. The first-order chi connectivity index (χ1) is 9.24. The van der Waals surface area contributed by atoms with Gasteiger partial charge in [0.05, 0.1) is 4.88 Å². The summed E-state index contributed by atoms with van der Waals surface area (Å²) in [5.74, 6) is -0.207. The van der Waals surface area contributed by atoms with Crippen LogP contribution in [0.15, 0.2) is 54.7 Å². The van der Waals surface area contributed by atoms with Crippen molar-refractivity contribution in [2.24, 2.45) is 0 Å². The molecule has 3 heteroatoms. The SMILES string of the molecule is Cc1cccc(-c2ncc(-c3ccccc3F)s2)c1. The Hall–Kier alpha value is -2.00.